The smallest absolute Gasteiger partial charge is 0.261 e. The van der Waals surface area contributed by atoms with Gasteiger partial charge in [0, 0.05) is 32.5 Å². The number of amides is 4. The van der Waals surface area contributed by atoms with Gasteiger partial charge in [-0.05, 0) is 39.2 Å². The van der Waals surface area contributed by atoms with Crippen LogP contribution in [0.15, 0.2) is 24.3 Å². The van der Waals surface area contributed by atoms with E-state index in [0.717, 1.165) is 13.0 Å². The van der Waals surface area contributed by atoms with Crippen LogP contribution in [0.1, 0.15) is 38.6 Å². The van der Waals surface area contributed by atoms with Crippen LogP contribution < -0.4 is 5.32 Å². The van der Waals surface area contributed by atoms with Crippen LogP contribution in [0.5, 0.6) is 0 Å². The van der Waals surface area contributed by atoms with Crippen LogP contribution in [0.3, 0.4) is 0 Å². The molecule has 11 heteroatoms. The molecule has 1 unspecified atom stereocenters. The van der Waals surface area contributed by atoms with Crippen LogP contribution in [-0.4, -0.2) is 88.8 Å². The predicted molar refractivity (Wildman–Crippen MR) is 122 cm³/mol. The number of likely N-dealkylation sites (tertiary alicyclic amines) is 1. The van der Waals surface area contributed by atoms with E-state index >= 15 is 0 Å². The Morgan fingerprint density at radius 1 is 1.12 bits per heavy atom. The molecule has 10 nitrogen and oxygen atoms in total. The number of nitrogens with one attached hydrogen (secondary N) is 1. The van der Waals surface area contributed by atoms with E-state index in [2.05, 4.69) is 20.4 Å². The van der Waals surface area contributed by atoms with Crippen molar-refractivity contribution in [2.24, 2.45) is 5.92 Å². The number of benzene rings is 1. The average Bonchev–Trinajstić information content (AvgIpc) is 3.45. The quantitative estimate of drug-likeness (QED) is 0.546. The maximum absolute atomic E-state index is 12.6. The standard InChI is InChI=1S/C22H26N6O4S/c1-26(2)9-5-10-27-13-14(12-18(27)29)19(30)23-22-25-24-17(33-22)8-11-28-20(31)15-6-3-4-7-16(15)21(28)32/h3-4,6-7,14H,5,8-13H2,1-2H3,(H,23,25,30). The molecule has 4 rings (SSSR count). The molecule has 0 aliphatic carbocycles. The molecule has 174 valence electrons. The first-order valence-electron chi connectivity index (χ1n) is 10.8. The number of hydrogen-bond acceptors (Lipinski definition) is 8. The molecule has 1 aromatic heterocycles. The van der Waals surface area contributed by atoms with E-state index in [1.807, 2.05) is 14.1 Å². The topological polar surface area (TPSA) is 116 Å². The first kappa shape index (κ1) is 23.0. The lowest BCUT2D eigenvalue weighted by molar-refractivity contribution is -0.128. The number of hydrogen-bond donors (Lipinski definition) is 1. The highest BCUT2D eigenvalue weighted by atomic mass is 32.1. The number of carbonyl (C=O) groups excluding carboxylic acids is 4. The Morgan fingerprint density at radius 2 is 1.82 bits per heavy atom. The van der Waals surface area contributed by atoms with Crippen LogP contribution in [-0.2, 0) is 16.0 Å². The van der Waals surface area contributed by atoms with Gasteiger partial charge in [-0.25, -0.2) is 0 Å². The van der Waals surface area contributed by atoms with E-state index in [-0.39, 0.29) is 36.6 Å². The van der Waals surface area contributed by atoms with Crippen molar-refractivity contribution >= 4 is 40.1 Å². The lowest BCUT2D eigenvalue weighted by atomic mass is 10.1. The Bertz CT molecular complexity index is 1050. The molecule has 2 aromatic rings. The highest BCUT2D eigenvalue weighted by molar-refractivity contribution is 7.15. The van der Waals surface area contributed by atoms with Crippen molar-refractivity contribution in [1.82, 2.24) is 24.9 Å². The Morgan fingerprint density at radius 3 is 2.48 bits per heavy atom. The third kappa shape index (κ3) is 5.09. The molecule has 1 fully saturated rings. The fourth-order valence-corrected chi connectivity index (χ4v) is 4.74. The Labute approximate surface area is 195 Å². The van der Waals surface area contributed by atoms with Gasteiger partial charge >= 0.3 is 0 Å². The molecule has 1 aromatic carbocycles. The summed E-state index contributed by atoms with van der Waals surface area (Å²) in [7, 11) is 3.97. The van der Waals surface area contributed by atoms with Gasteiger partial charge in [0.15, 0.2) is 0 Å². The number of anilines is 1. The van der Waals surface area contributed by atoms with Crippen LogP contribution >= 0.6 is 11.3 Å². The highest BCUT2D eigenvalue weighted by Gasteiger charge is 2.36. The largest absolute Gasteiger partial charge is 0.342 e. The molecule has 4 amide bonds. The average molecular weight is 471 g/mol. The molecule has 1 atom stereocenters. The molecular formula is C22H26N6O4S. The SMILES string of the molecule is CN(C)CCCN1CC(C(=O)Nc2nnc(CCN3C(=O)c4ccccc4C3=O)s2)CC1=O. The van der Waals surface area contributed by atoms with Crippen molar-refractivity contribution in [3.05, 3.63) is 40.4 Å². The summed E-state index contributed by atoms with van der Waals surface area (Å²) >= 11 is 1.20. The molecule has 33 heavy (non-hydrogen) atoms. The minimum atomic E-state index is -0.414. The molecular weight excluding hydrogens is 444 g/mol. The van der Waals surface area contributed by atoms with Gasteiger partial charge in [-0.2, -0.15) is 0 Å². The third-order valence-electron chi connectivity index (χ3n) is 5.74. The van der Waals surface area contributed by atoms with E-state index in [1.54, 1.807) is 29.2 Å². The Balaban J connectivity index is 1.27. The third-order valence-corrected chi connectivity index (χ3v) is 6.64. The van der Waals surface area contributed by atoms with Crippen molar-refractivity contribution in [3.63, 3.8) is 0 Å². The van der Waals surface area contributed by atoms with Gasteiger partial charge in [0.1, 0.15) is 5.01 Å². The van der Waals surface area contributed by atoms with Gasteiger partial charge in [0.05, 0.1) is 17.0 Å². The van der Waals surface area contributed by atoms with Crippen LogP contribution in [0.2, 0.25) is 0 Å². The first-order chi connectivity index (χ1) is 15.8. The monoisotopic (exact) mass is 470 g/mol. The molecule has 1 saturated heterocycles. The Kier molecular flexibility index (Phi) is 6.80. The van der Waals surface area contributed by atoms with Crippen LogP contribution in [0.25, 0.3) is 0 Å². The van der Waals surface area contributed by atoms with Crippen molar-refractivity contribution in [2.75, 3.05) is 45.6 Å². The summed E-state index contributed by atoms with van der Waals surface area (Å²) in [4.78, 5) is 54.8. The number of aromatic nitrogens is 2. The fraction of sp³-hybridized carbons (Fsp3) is 0.455. The van der Waals surface area contributed by atoms with Gasteiger partial charge < -0.3 is 15.1 Å². The minimum absolute atomic E-state index is 0.00666. The summed E-state index contributed by atoms with van der Waals surface area (Å²) in [6.45, 7) is 2.12. The van der Waals surface area contributed by atoms with Gasteiger partial charge in [0.2, 0.25) is 16.9 Å². The molecule has 1 N–H and O–H groups in total. The van der Waals surface area contributed by atoms with Gasteiger partial charge in [-0.1, -0.05) is 23.5 Å². The summed E-state index contributed by atoms with van der Waals surface area (Å²) in [5.74, 6) is -1.29. The molecule has 0 saturated carbocycles. The van der Waals surface area contributed by atoms with Crippen molar-refractivity contribution in [3.8, 4) is 0 Å². The molecule has 0 spiro atoms. The number of carbonyl (C=O) groups is 4. The van der Waals surface area contributed by atoms with E-state index < -0.39 is 5.92 Å². The van der Waals surface area contributed by atoms with Crippen LogP contribution in [0.4, 0.5) is 5.13 Å². The van der Waals surface area contributed by atoms with Crippen LogP contribution in [0, 0.1) is 5.92 Å². The minimum Gasteiger partial charge on any atom is -0.342 e. The second-order valence-corrected chi connectivity index (χ2v) is 9.51. The number of imide groups is 1. The molecule has 3 heterocycles. The zero-order valence-electron chi connectivity index (χ0n) is 18.6. The summed E-state index contributed by atoms with van der Waals surface area (Å²) in [5.41, 5.74) is 0.823. The van der Waals surface area contributed by atoms with Gasteiger partial charge in [0.25, 0.3) is 11.8 Å². The van der Waals surface area contributed by atoms with Crippen molar-refractivity contribution < 1.29 is 19.2 Å². The zero-order chi connectivity index (χ0) is 23.5. The summed E-state index contributed by atoms with van der Waals surface area (Å²) in [6, 6.07) is 6.75. The number of fused-ring (bicyclic) bond motifs is 1. The second-order valence-electron chi connectivity index (χ2n) is 8.45. The number of nitrogens with zero attached hydrogens (tertiary/aromatic N) is 5. The molecule has 2 aliphatic rings. The Hall–Kier alpha value is -3.18. The van der Waals surface area contributed by atoms with E-state index in [1.165, 1.54) is 16.2 Å². The fourth-order valence-electron chi connectivity index (χ4n) is 4.00. The van der Waals surface area contributed by atoms with Gasteiger partial charge in [-0.15, -0.1) is 10.2 Å². The molecule has 0 radical (unpaired) electrons. The van der Waals surface area contributed by atoms with Gasteiger partial charge in [-0.3, -0.25) is 24.1 Å². The van der Waals surface area contributed by atoms with E-state index in [4.69, 9.17) is 0 Å². The van der Waals surface area contributed by atoms with E-state index in [0.29, 0.717) is 40.8 Å². The molecule has 0 bridgehead atoms. The zero-order valence-corrected chi connectivity index (χ0v) is 19.4. The maximum Gasteiger partial charge on any atom is 0.261 e. The summed E-state index contributed by atoms with van der Waals surface area (Å²) < 4.78 is 0. The number of rotatable bonds is 9. The lowest BCUT2D eigenvalue weighted by Gasteiger charge is -2.17. The first-order valence-corrected chi connectivity index (χ1v) is 11.7. The maximum atomic E-state index is 12.6. The highest BCUT2D eigenvalue weighted by Crippen LogP contribution is 2.25. The summed E-state index contributed by atoms with van der Waals surface area (Å²) in [6.07, 6.45) is 1.40. The second kappa shape index (κ2) is 9.75. The van der Waals surface area contributed by atoms with Crippen molar-refractivity contribution in [1.29, 1.82) is 0 Å². The summed E-state index contributed by atoms with van der Waals surface area (Å²) in [5, 5.41) is 11.8. The van der Waals surface area contributed by atoms with Crippen molar-refractivity contribution in [2.45, 2.75) is 19.3 Å². The normalized spacial score (nSPS) is 17.9. The molecule has 2 aliphatic heterocycles. The lowest BCUT2D eigenvalue weighted by Crippen LogP contribution is -2.31. The predicted octanol–water partition coefficient (Wildman–Crippen LogP) is 1.12. The van der Waals surface area contributed by atoms with E-state index in [9.17, 15) is 19.2 Å².